The van der Waals surface area contributed by atoms with Crippen LogP contribution in [-0.4, -0.2) is 68.2 Å². The SMILES string of the molecule is O=C(O)Cc1ccn(-c2cncc(-c3[nH]c4ccccc4c3CCN3CCNCC3)n2)c1. The second-order valence-corrected chi connectivity index (χ2v) is 8.13. The number of para-hydroxylation sites is 1. The van der Waals surface area contributed by atoms with Gasteiger partial charge in [0, 0.05) is 56.0 Å². The molecule has 0 aliphatic carbocycles. The van der Waals surface area contributed by atoms with E-state index in [4.69, 9.17) is 10.1 Å². The number of fused-ring (bicyclic) bond motifs is 1. The Balaban J connectivity index is 1.48. The Kier molecular flexibility index (Phi) is 5.70. The molecule has 8 nitrogen and oxygen atoms in total. The van der Waals surface area contributed by atoms with E-state index in [-0.39, 0.29) is 6.42 Å². The predicted octanol–water partition coefficient (Wildman–Crippen LogP) is 2.49. The summed E-state index contributed by atoms with van der Waals surface area (Å²) in [6.45, 7) is 5.21. The number of aromatic amines is 1. The largest absolute Gasteiger partial charge is 0.481 e. The summed E-state index contributed by atoms with van der Waals surface area (Å²) >= 11 is 0. The summed E-state index contributed by atoms with van der Waals surface area (Å²) in [5.41, 5.74) is 4.85. The van der Waals surface area contributed by atoms with Crippen molar-refractivity contribution in [1.29, 1.82) is 0 Å². The van der Waals surface area contributed by atoms with Gasteiger partial charge in [0.2, 0.25) is 0 Å². The lowest BCUT2D eigenvalue weighted by molar-refractivity contribution is -0.136. The maximum Gasteiger partial charge on any atom is 0.307 e. The molecule has 0 spiro atoms. The first-order valence-electron chi connectivity index (χ1n) is 10.9. The van der Waals surface area contributed by atoms with Gasteiger partial charge in [0.1, 0.15) is 5.69 Å². The van der Waals surface area contributed by atoms with E-state index in [2.05, 4.69) is 38.4 Å². The highest BCUT2D eigenvalue weighted by molar-refractivity contribution is 5.90. The average molecular weight is 431 g/mol. The van der Waals surface area contributed by atoms with Gasteiger partial charge in [-0.25, -0.2) is 4.98 Å². The van der Waals surface area contributed by atoms with Crippen LogP contribution in [0.1, 0.15) is 11.1 Å². The molecule has 0 bridgehead atoms. The van der Waals surface area contributed by atoms with E-state index in [1.165, 1.54) is 10.9 Å². The number of nitrogens with zero attached hydrogens (tertiary/aromatic N) is 4. The van der Waals surface area contributed by atoms with Crippen LogP contribution in [0.5, 0.6) is 0 Å². The van der Waals surface area contributed by atoms with Crippen LogP contribution in [-0.2, 0) is 17.6 Å². The van der Waals surface area contributed by atoms with Crippen LogP contribution in [0.4, 0.5) is 0 Å². The number of rotatable bonds is 7. The third-order valence-corrected chi connectivity index (χ3v) is 5.95. The highest BCUT2D eigenvalue weighted by Crippen LogP contribution is 2.30. The van der Waals surface area contributed by atoms with Gasteiger partial charge in [-0.15, -0.1) is 0 Å². The molecule has 0 radical (unpaired) electrons. The lowest BCUT2D eigenvalue weighted by Gasteiger charge is -2.27. The summed E-state index contributed by atoms with van der Waals surface area (Å²) in [5.74, 6) is -0.194. The third kappa shape index (κ3) is 4.28. The van der Waals surface area contributed by atoms with Crippen LogP contribution in [0.3, 0.4) is 0 Å². The molecule has 1 saturated heterocycles. The molecule has 4 heterocycles. The van der Waals surface area contributed by atoms with Gasteiger partial charge in [0.25, 0.3) is 0 Å². The van der Waals surface area contributed by atoms with Crippen LogP contribution in [0, 0.1) is 0 Å². The minimum absolute atomic E-state index is 0.0156. The molecular weight excluding hydrogens is 404 g/mol. The average Bonchev–Trinajstić information content (AvgIpc) is 3.43. The molecule has 4 aromatic rings. The zero-order valence-corrected chi connectivity index (χ0v) is 17.8. The molecular formula is C24H26N6O2. The standard InChI is InChI=1S/C24H26N6O2/c31-23(32)13-17-5-10-30(16-17)22-15-26-14-21(27-22)24-19(6-9-29-11-7-25-8-12-29)18-3-1-2-4-20(18)28-24/h1-5,10,14-16,25,28H,6-9,11-13H2,(H,31,32). The zero-order valence-electron chi connectivity index (χ0n) is 17.8. The Hall–Kier alpha value is -3.49. The Labute approximate surface area is 185 Å². The highest BCUT2D eigenvalue weighted by atomic mass is 16.4. The molecule has 1 fully saturated rings. The molecule has 164 valence electrons. The van der Waals surface area contributed by atoms with Gasteiger partial charge in [-0.3, -0.25) is 9.78 Å². The monoisotopic (exact) mass is 430 g/mol. The molecule has 0 atom stereocenters. The summed E-state index contributed by atoms with van der Waals surface area (Å²) in [4.78, 5) is 26.3. The number of carboxylic acid groups (broad SMARTS) is 1. The van der Waals surface area contributed by atoms with Crippen LogP contribution < -0.4 is 5.32 Å². The normalized spacial score (nSPS) is 14.8. The van der Waals surface area contributed by atoms with Crippen molar-refractivity contribution in [3.63, 3.8) is 0 Å². The second-order valence-electron chi connectivity index (χ2n) is 8.13. The molecule has 1 aliphatic heterocycles. The van der Waals surface area contributed by atoms with E-state index in [9.17, 15) is 4.79 Å². The summed E-state index contributed by atoms with van der Waals surface area (Å²) < 4.78 is 1.82. The second kappa shape index (κ2) is 8.94. The number of benzene rings is 1. The predicted molar refractivity (Wildman–Crippen MR) is 123 cm³/mol. The maximum absolute atomic E-state index is 11.0. The third-order valence-electron chi connectivity index (χ3n) is 5.95. The van der Waals surface area contributed by atoms with E-state index < -0.39 is 5.97 Å². The Morgan fingerprint density at radius 2 is 1.97 bits per heavy atom. The number of aliphatic carboxylic acids is 1. The van der Waals surface area contributed by atoms with E-state index in [1.54, 1.807) is 24.7 Å². The molecule has 5 rings (SSSR count). The number of piperazine rings is 1. The molecule has 0 unspecified atom stereocenters. The summed E-state index contributed by atoms with van der Waals surface area (Å²) in [6, 6.07) is 10.2. The highest BCUT2D eigenvalue weighted by Gasteiger charge is 2.17. The Bertz CT molecular complexity index is 1240. The van der Waals surface area contributed by atoms with Crippen LogP contribution in [0.2, 0.25) is 0 Å². The van der Waals surface area contributed by atoms with E-state index in [0.29, 0.717) is 5.82 Å². The molecule has 0 amide bonds. The van der Waals surface area contributed by atoms with Gasteiger partial charge >= 0.3 is 5.97 Å². The zero-order chi connectivity index (χ0) is 21.9. The lowest BCUT2D eigenvalue weighted by Crippen LogP contribution is -2.44. The summed E-state index contributed by atoms with van der Waals surface area (Å²) in [5, 5.41) is 13.7. The van der Waals surface area contributed by atoms with Crippen molar-refractivity contribution < 1.29 is 9.90 Å². The van der Waals surface area contributed by atoms with Crippen molar-refractivity contribution in [2.75, 3.05) is 32.7 Å². The van der Waals surface area contributed by atoms with Gasteiger partial charge in [0.15, 0.2) is 5.82 Å². The summed E-state index contributed by atoms with van der Waals surface area (Å²) in [7, 11) is 0. The van der Waals surface area contributed by atoms with Crippen LogP contribution in [0.15, 0.2) is 55.1 Å². The number of carboxylic acids is 1. The fourth-order valence-corrected chi connectivity index (χ4v) is 4.35. The maximum atomic E-state index is 11.0. The molecule has 0 saturated carbocycles. The topological polar surface area (TPSA) is 99.1 Å². The van der Waals surface area contributed by atoms with Crippen molar-refractivity contribution in [3.8, 4) is 17.2 Å². The van der Waals surface area contributed by atoms with Crippen LogP contribution in [0.25, 0.3) is 28.1 Å². The van der Waals surface area contributed by atoms with Crippen molar-refractivity contribution in [3.05, 3.63) is 66.2 Å². The number of H-pyrrole nitrogens is 1. The van der Waals surface area contributed by atoms with Gasteiger partial charge < -0.3 is 24.9 Å². The van der Waals surface area contributed by atoms with Crippen molar-refractivity contribution in [2.24, 2.45) is 0 Å². The minimum atomic E-state index is -0.852. The Morgan fingerprint density at radius 1 is 1.12 bits per heavy atom. The summed E-state index contributed by atoms with van der Waals surface area (Å²) in [6.07, 6.45) is 8.00. The van der Waals surface area contributed by atoms with Crippen molar-refractivity contribution in [1.82, 2.24) is 29.7 Å². The van der Waals surface area contributed by atoms with E-state index in [0.717, 1.165) is 61.6 Å². The first-order valence-corrected chi connectivity index (χ1v) is 10.9. The molecule has 3 N–H and O–H groups in total. The van der Waals surface area contributed by atoms with E-state index in [1.807, 2.05) is 16.8 Å². The van der Waals surface area contributed by atoms with Gasteiger partial charge in [0.05, 0.1) is 24.5 Å². The smallest absolute Gasteiger partial charge is 0.307 e. The van der Waals surface area contributed by atoms with Gasteiger partial charge in [-0.2, -0.15) is 0 Å². The fraction of sp³-hybridized carbons (Fsp3) is 0.292. The molecule has 8 heteroatoms. The lowest BCUT2D eigenvalue weighted by atomic mass is 10.1. The molecule has 3 aromatic heterocycles. The fourth-order valence-electron chi connectivity index (χ4n) is 4.35. The number of hydrogen-bond acceptors (Lipinski definition) is 5. The number of nitrogens with one attached hydrogen (secondary N) is 2. The first kappa shape index (κ1) is 20.4. The first-order chi connectivity index (χ1) is 15.7. The van der Waals surface area contributed by atoms with E-state index >= 15 is 0 Å². The minimum Gasteiger partial charge on any atom is -0.481 e. The number of aromatic nitrogens is 4. The molecule has 1 aliphatic rings. The molecule has 1 aromatic carbocycles. The van der Waals surface area contributed by atoms with Crippen LogP contribution >= 0.6 is 0 Å². The van der Waals surface area contributed by atoms with Crippen molar-refractivity contribution in [2.45, 2.75) is 12.8 Å². The molecule has 32 heavy (non-hydrogen) atoms. The van der Waals surface area contributed by atoms with Gasteiger partial charge in [-0.1, -0.05) is 18.2 Å². The van der Waals surface area contributed by atoms with Crippen molar-refractivity contribution >= 4 is 16.9 Å². The Morgan fingerprint density at radius 3 is 2.81 bits per heavy atom. The van der Waals surface area contributed by atoms with Gasteiger partial charge in [-0.05, 0) is 29.7 Å². The number of hydrogen-bond donors (Lipinski definition) is 3. The quantitative estimate of drug-likeness (QED) is 0.417. The number of carbonyl (C=O) groups is 1.